The quantitative estimate of drug-likeness (QED) is 0.469. The van der Waals surface area contributed by atoms with E-state index >= 15 is 0 Å². The number of carbonyl (C=O) groups is 1. The minimum atomic E-state index is -0.605. The second-order valence-electron chi connectivity index (χ2n) is 2.75. The molecule has 0 aromatic carbocycles. The van der Waals surface area contributed by atoms with Crippen LogP contribution in [0.5, 0.6) is 0 Å². The van der Waals surface area contributed by atoms with Crippen molar-refractivity contribution < 1.29 is 14.3 Å². The van der Waals surface area contributed by atoms with Crippen LogP contribution in [0.4, 0.5) is 0 Å². The van der Waals surface area contributed by atoms with Gasteiger partial charge in [-0.2, -0.15) is 0 Å². The summed E-state index contributed by atoms with van der Waals surface area (Å²) in [5, 5.41) is 0. The van der Waals surface area contributed by atoms with Crippen molar-refractivity contribution in [3.63, 3.8) is 0 Å². The summed E-state index contributed by atoms with van der Waals surface area (Å²) in [4.78, 5) is 10.9. The van der Waals surface area contributed by atoms with Gasteiger partial charge in [0.25, 0.3) is 0 Å². The molecule has 0 saturated heterocycles. The SMILES string of the molecule is CCOC(OCC)C(C)(C=O)SC. The lowest BCUT2D eigenvalue weighted by Crippen LogP contribution is -2.41. The Balaban J connectivity index is 4.37. The molecule has 0 aliphatic heterocycles. The Labute approximate surface area is 84.2 Å². The molecule has 0 heterocycles. The number of carbonyl (C=O) groups excluding carboxylic acids is 1. The van der Waals surface area contributed by atoms with E-state index in [1.54, 1.807) is 0 Å². The molecule has 0 aromatic rings. The van der Waals surface area contributed by atoms with Crippen LogP contribution in [-0.2, 0) is 14.3 Å². The molecular weight excluding hydrogens is 188 g/mol. The van der Waals surface area contributed by atoms with Crippen LogP contribution in [0.15, 0.2) is 0 Å². The summed E-state index contributed by atoms with van der Waals surface area (Å²) < 4.78 is 10.1. The zero-order valence-corrected chi connectivity index (χ0v) is 9.52. The highest BCUT2D eigenvalue weighted by molar-refractivity contribution is 8.00. The van der Waals surface area contributed by atoms with Gasteiger partial charge < -0.3 is 14.3 Å². The molecule has 0 amide bonds. The first-order chi connectivity index (χ1) is 6.14. The lowest BCUT2D eigenvalue weighted by Gasteiger charge is -2.30. The number of hydrogen-bond donors (Lipinski definition) is 0. The number of hydrogen-bond acceptors (Lipinski definition) is 4. The van der Waals surface area contributed by atoms with Gasteiger partial charge >= 0.3 is 0 Å². The molecule has 0 aromatic heterocycles. The van der Waals surface area contributed by atoms with Crippen LogP contribution in [0, 0.1) is 0 Å². The van der Waals surface area contributed by atoms with Gasteiger partial charge in [0.1, 0.15) is 11.0 Å². The summed E-state index contributed by atoms with van der Waals surface area (Å²) in [6.07, 6.45) is 2.31. The van der Waals surface area contributed by atoms with Crippen LogP contribution < -0.4 is 0 Å². The van der Waals surface area contributed by atoms with E-state index in [1.807, 2.05) is 27.0 Å². The average molecular weight is 206 g/mol. The van der Waals surface area contributed by atoms with E-state index in [-0.39, 0.29) is 0 Å². The standard InChI is InChI=1S/C9H18O3S/c1-5-11-8(12-6-2)9(3,7-10)13-4/h7-8H,5-6H2,1-4H3. The molecule has 78 valence electrons. The van der Waals surface area contributed by atoms with E-state index in [2.05, 4.69) is 0 Å². The smallest absolute Gasteiger partial charge is 0.178 e. The van der Waals surface area contributed by atoms with Crippen LogP contribution in [0.1, 0.15) is 20.8 Å². The van der Waals surface area contributed by atoms with E-state index in [0.717, 1.165) is 6.29 Å². The first kappa shape index (κ1) is 12.9. The van der Waals surface area contributed by atoms with Crippen molar-refractivity contribution in [2.75, 3.05) is 19.5 Å². The van der Waals surface area contributed by atoms with Crippen molar-refractivity contribution in [3.8, 4) is 0 Å². The van der Waals surface area contributed by atoms with Gasteiger partial charge in [0.05, 0.1) is 0 Å². The van der Waals surface area contributed by atoms with Gasteiger partial charge in [-0.25, -0.2) is 0 Å². The number of ether oxygens (including phenoxy) is 2. The maximum absolute atomic E-state index is 10.9. The van der Waals surface area contributed by atoms with Gasteiger partial charge in [-0.1, -0.05) is 0 Å². The summed E-state index contributed by atoms with van der Waals surface area (Å²) in [5.41, 5.74) is 0. The van der Waals surface area contributed by atoms with Crippen molar-refractivity contribution in [3.05, 3.63) is 0 Å². The molecule has 3 nitrogen and oxygen atoms in total. The monoisotopic (exact) mass is 206 g/mol. The molecule has 0 spiro atoms. The maximum atomic E-state index is 10.9. The molecule has 13 heavy (non-hydrogen) atoms. The molecule has 0 bridgehead atoms. The van der Waals surface area contributed by atoms with Crippen LogP contribution in [-0.4, -0.2) is 36.8 Å². The lowest BCUT2D eigenvalue weighted by atomic mass is 10.2. The first-order valence-corrected chi connectivity index (χ1v) is 5.61. The predicted molar refractivity (Wildman–Crippen MR) is 55.0 cm³/mol. The van der Waals surface area contributed by atoms with E-state index in [4.69, 9.17) is 9.47 Å². The third-order valence-electron chi connectivity index (χ3n) is 1.78. The van der Waals surface area contributed by atoms with E-state index < -0.39 is 11.0 Å². The van der Waals surface area contributed by atoms with Crippen molar-refractivity contribution in [2.24, 2.45) is 0 Å². The van der Waals surface area contributed by atoms with E-state index in [0.29, 0.717) is 13.2 Å². The summed E-state index contributed by atoms with van der Waals surface area (Å²) >= 11 is 1.44. The summed E-state index contributed by atoms with van der Waals surface area (Å²) in [6.45, 7) is 6.69. The topological polar surface area (TPSA) is 35.5 Å². The largest absolute Gasteiger partial charge is 0.351 e. The highest BCUT2D eigenvalue weighted by atomic mass is 32.2. The van der Waals surface area contributed by atoms with Crippen LogP contribution in [0.3, 0.4) is 0 Å². The Morgan fingerprint density at radius 1 is 1.38 bits per heavy atom. The van der Waals surface area contributed by atoms with Gasteiger partial charge in [-0.05, 0) is 27.0 Å². The van der Waals surface area contributed by atoms with Gasteiger partial charge in [0, 0.05) is 13.2 Å². The zero-order chi connectivity index (χ0) is 10.3. The molecule has 1 unspecified atom stereocenters. The first-order valence-electron chi connectivity index (χ1n) is 4.39. The third-order valence-corrected chi connectivity index (χ3v) is 2.95. The molecular formula is C9H18O3S. The van der Waals surface area contributed by atoms with Gasteiger partial charge in [-0.3, -0.25) is 0 Å². The molecule has 0 fully saturated rings. The Morgan fingerprint density at radius 3 is 2.08 bits per heavy atom. The minimum absolute atomic E-state index is 0.449. The van der Waals surface area contributed by atoms with Gasteiger partial charge in [0.2, 0.25) is 0 Å². The molecule has 0 radical (unpaired) electrons. The van der Waals surface area contributed by atoms with Crippen LogP contribution in [0.2, 0.25) is 0 Å². The Kier molecular flexibility index (Phi) is 6.37. The summed E-state index contributed by atoms with van der Waals surface area (Å²) in [6, 6.07) is 0. The van der Waals surface area contributed by atoms with Crippen LogP contribution >= 0.6 is 11.8 Å². The minimum Gasteiger partial charge on any atom is -0.351 e. The van der Waals surface area contributed by atoms with Gasteiger partial charge in [-0.15, -0.1) is 11.8 Å². The fourth-order valence-electron chi connectivity index (χ4n) is 0.882. The van der Waals surface area contributed by atoms with Crippen molar-refractivity contribution >= 4 is 18.0 Å². The number of thioether (sulfide) groups is 1. The Morgan fingerprint density at radius 2 is 1.85 bits per heavy atom. The number of aldehydes is 1. The van der Waals surface area contributed by atoms with Crippen molar-refractivity contribution in [1.29, 1.82) is 0 Å². The molecule has 0 N–H and O–H groups in total. The second kappa shape index (κ2) is 6.40. The molecule has 0 rings (SSSR count). The van der Waals surface area contributed by atoms with Crippen LogP contribution in [0.25, 0.3) is 0 Å². The molecule has 1 atom stereocenters. The highest BCUT2D eigenvalue weighted by Gasteiger charge is 2.34. The zero-order valence-electron chi connectivity index (χ0n) is 8.70. The predicted octanol–water partition coefficient (Wildman–Crippen LogP) is 1.71. The molecule has 0 aliphatic rings. The summed E-state index contributed by atoms with van der Waals surface area (Å²) in [7, 11) is 0. The highest BCUT2D eigenvalue weighted by Crippen LogP contribution is 2.26. The lowest BCUT2D eigenvalue weighted by molar-refractivity contribution is -0.157. The Hall–Kier alpha value is -0.0600. The average Bonchev–Trinajstić information content (AvgIpc) is 2.16. The van der Waals surface area contributed by atoms with Gasteiger partial charge in [0.15, 0.2) is 6.29 Å². The van der Waals surface area contributed by atoms with E-state index in [9.17, 15) is 4.79 Å². The number of rotatable bonds is 7. The fourth-order valence-corrected chi connectivity index (χ4v) is 1.31. The van der Waals surface area contributed by atoms with Crippen molar-refractivity contribution in [1.82, 2.24) is 0 Å². The molecule has 0 saturated carbocycles. The second-order valence-corrected chi connectivity index (χ2v) is 4.04. The normalized spacial score (nSPS) is 15.8. The maximum Gasteiger partial charge on any atom is 0.178 e. The third kappa shape index (κ3) is 3.67. The molecule has 0 aliphatic carbocycles. The fraction of sp³-hybridized carbons (Fsp3) is 0.889. The summed E-state index contributed by atoms with van der Waals surface area (Å²) in [5.74, 6) is 0. The molecule has 4 heteroatoms. The Bertz CT molecular complexity index is 146. The van der Waals surface area contributed by atoms with E-state index in [1.165, 1.54) is 11.8 Å². The van der Waals surface area contributed by atoms with Crippen molar-refractivity contribution in [2.45, 2.75) is 31.8 Å².